The number of rotatable bonds is 4. The predicted molar refractivity (Wildman–Crippen MR) is 57.9 cm³/mol. The average Bonchev–Trinajstić information content (AvgIpc) is 2.24. The summed E-state index contributed by atoms with van der Waals surface area (Å²) in [5.74, 6) is 2.30. The van der Waals surface area contributed by atoms with Gasteiger partial charge in [0.25, 0.3) is 0 Å². The number of halogens is 1. The van der Waals surface area contributed by atoms with Crippen LogP contribution in [-0.4, -0.2) is 16.0 Å². The van der Waals surface area contributed by atoms with Crippen molar-refractivity contribution >= 4 is 5.82 Å². The number of hydrogen-bond acceptors (Lipinski definition) is 3. The first kappa shape index (κ1) is 11.4. The number of aromatic nitrogens is 2. The van der Waals surface area contributed by atoms with Crippen LogP contribution in [0, 0.1) is 25.1 Å². The SMILES string of the molecule is C#CC(CCC)Nc1ncnc(C)c1F. The molecule has 1 unspecified atom stereocenters. The summed E-state index contributed by atoms with van der Waals surface area (Å²) in [6.07, 6.45) is 8.36. The van der Waals surface area contributed by atoms with Gasteiger partial charge < -0.3 is 5.32 Å². The van der Waals surface area contributed by atoms with Gasteiger partial charge in [-0.15, -0.1) is 6.42 Å². The van der Waals surface area contributed by atoms with Crippen LogP contribution in [0.5, 0.6) is 0 Å². The van der Waals surface area contributed by atoms with Gasteiger partial charge in [0.1, 0.15) is 6.33 Å². The van der Waals surface area contributed by atoms with Crippen molar-refractivity contribution in [2.75, 3.05) is 5.32 Å². The molecular weight excluding hydrogens is 193 g/mol. The molecule has 4 heteroatoms. The van der Waals surface area contributed by atoms with Crippen molar-refractivity contribution in [2.24, 2.45) is 0 Å². The van der Waals surface area contributed by atoms with Crippen LogP contribution < -0.4 is 5.32 Å². The Balaban J connectivity index is 2.80. The maximum Gasteiger partial charge on any atom is 0.186 e. The minimum atomic E-state index is -0.436. The molecule has 0 radical (unpaired) electrons. The van der Waals surface area contributed by atoms with E-state index in [-0.39, 0.29) is 11.9 Å². The van der Waals surface area contributed by atoms with Gasteiger partial charge in [0.15, 0.2) is 11.6 Å². The van der Waals surface area contributed by atoms with Gasteiger partial charge >= 0.3 is 0 Å². The topological polar surface area (TPSA) is 37.8 Å². The lowest BCUT2D eigenvalue weighted by Crippen LogP contribution is -2.19. The van der Waals surface area contributed by atoms with Crippen molar-refractivity contribution in [3.8, 4) is 12.3 Å². The Morgan fingerprint density at radius 1 is 1.60 bits per heavy atom. The number of nitrogens with zero attached hydrogens (tertiary/aromatic N) is 2. The summed E-state index contributed by atoms with van der Waals surface area (Å²) in [6.45, 7) is 3.61. The molecule has 80 valence electrons. The van der Waals surface area contributed by atoms with Crippen LogP contribution in [0.1, 0.15) is 25.5 Å². The molecular formula is C11H14FN3. The largest absolute Gasteiger partial charge is 0.354 e. The van der Waals surface area contributed by atoms with Crippen molar-refractivity contribution in [1.29, 1.82) is 0 Å². The minimum absolute atomic E-state index is 0.180. The summed E-state index contributed by atoms with van der Waals surface area (Å²) in [7, 11) is 0. The normalized spacial score (nSPS) is 11.9. The highest BCUT2D eigenvalue weighted by molar-refractivity contribution is 5.39. The third kappa shape index (κ3) is 2.91. The van der Waals surface area contributed by atoms with Crippen molar-refractivity contribution in [3.63, 3.8) is 0 Å². The van der Waals surface area contributed by atoms with E-state index in [0.717, 1.165) is 12.8 Å². The zero-order valence-corrected chi connectivity index (χ0v) is 8.92. The standard InChI is InChI=1S/C11H14FN3/c1-4-6-9(5-2)15-11-10(12)8(3)13-7-14-11/h2,7,9H,4,6H2,1,3H3,(H,13,14,15). The molecule has 0 aromatic carbocycles. The van der Waals surface area contributed by atoms with Gasteiger partial charge in [-0.25, -0.2) is 14.4 Å². The van der Waals surface area contributed by atoms with E-state index in [1.165, 1.54) is 6.33 Å². The molecule has 0 fully saturated rings. The fraction of sp³-hybridized carbons (Fsp3) is 0.455. The third-order valence-electron chi connectivity index (χ3n) is 2.05. The molecule has 0 aliphatic carbocycles. The lowest BCUT2D eigenvalue weighted by atomic mass is 10.2. The molecule has 0 bridgehead atoms. The van der Waals surface area contributed by atoms with E-state index in [4.69, 9.17) is 6.42 Å². The number of hydrogen-bond donors (Lipinski definition) is 1. The molecule has 1 rings (SSSR count). The predicted octanol–water partition coefficient (Wildman–Crippen LogP) is 2.14. The van der Waals surface area contributed by atoms with Gasteiger partial charge in [0, 0.05) is 0 Å². The van der Waals surface area contributed by atoms with E-state index < -0.39 is 5.82 Å². The fourth-order valence-electron chi connectivity index (χ4n) is 1.21. The quantitative estimate of drug-likeness (QED) is 0.769. The number of terminal acetylenes is 1. The van der Waals surface area contributed by atoms with Gasteiger partial charge in [-0.3, -0.25) is 0 Å². The van der Waals surface area contributed by atoms with Crippen LogP contribution in [0.2, 0.25) is 0 Å². The molecule has 1 atom stereocenters. The van der Waals surface area contributed by atoms with Crippen LogP contribution in [0.15, 0.2) is 6.33 Å². The Bertz CT molecular complexity index is 371. The van der Waals surface area contributed by atoms with E-state index in [1.54, 1.807) is 6.92 Å². The molecule has 0 aliphatic rings. The highest BCUT2D eigenvalue weighted by Gasteiger charge is 2.10. The second-order valence-corrected chi connectivity index (χ2v) is 3.27. The first-order valence-electron chi connectivity index (χ1n) is 4.88. The molecule has 1 heterocycles. The zero-order valence-electron chi connectivity index (χ0n) is 8.92. The average molecular weight is 207 g/mol. The smallest absolute Gasteiger partial charge is 0.186 e. The summed E-state index contributed by atoms with van der Waals surface area (Å²) < 4.78 is 13.5. The van der Waals surface area contributed by atoms with Crippen molar-refractivity contribution in [3.05, 3.63) is 17.8 Å². The molecule has 0 spiro atoms. The van der Waals surface area contributed by atoms with Crippen molar-refractivity contribution < 1.29 is 4.39 Å². The molecule has 1 N–H and O–H groups in total. The second kappa shape index (κ2) is 5.30. The Hall–Kier alpha value is -1.63. The number of anilines is 1. The molecule has 15 heavy (non-hydrogen) atoms. The molecule has 1 aromatic rings. The summed E-state index contributed by atoms with van der Waals surface area (Å²) in [6, 6.07) is -0.182. The molecule has 0 amide bonds. The first-order chi connectivity index (χ1) is 7.19. The fourth-order valence-corrected chi connectivity index (χ4v) is 1.21. The van der Waals surface area contributed by atoms with Crippen LogP contribution >= 0.6 is 0 Å². The highest BCUT2D eigenvalue weighted by atomic mass is 19.1. The van der Waals surface area contributed by atoms with E-state index in [2.05, 4.69) is 21.2 Å². The van der Waals surface area contributed by atoms with Crippen LogP contribution in [0.3, 0.4) is 0 Å². The second-order valence-electron chi connectivity index (χ2n) is 3.27. The van der Waals surface area contributed by atoms with E-state index in [1.807, 2.05) is 6.92 Å². The van der Waals surface area contributed by atoms with E-state index >= 15 is 0 Å². The number of aryl methyl sites for hydroxylation is 1. The zero-order chi connectivity index (χ0) is 11.3. The molecule has 0 aliphatic heterocycles. The highest BCUT2D eigenvalue weighted by Crippen LogP contribution is 2.13. The molecule has 1 aromatic heterocycles. The Morgan fingerprint density at radius 3 is 2.93 bits per heavy atom. The Morgan fingerprint density at radius 2 is 2.33 bits per heavy atom. The van der Waals surface area contributed by atoms with Gasteiger partial charge in [-0.1, -0.05) is 19.3 Å². The summed E-state index contributed by atoms with van der Waals surface area (Å²) in [5.41, 5.74) is 0.319. The number of nitrogens with one attached hydrogen (secondary N) is 1. The van der Waals surface area contributed by atoms with Crippen LogP contribution in [0.25, 0.3) is 0 Å². The summed E-state index contributed by atoms with van der Waals surface area (Å²) in [4.78, 5) is 7.56. The van der Waals surface area contributed by atoms with Gasteiger partial charge in [0.05, 0.1) is 11.7 Å². The van der Waals surface area contributed by atoms with Gasteiger partial charge in [-0.2, -0.15) is 0 Å². The van der Waals surface area contributed by atoms with Crippen LogP contribution in [0.4, 0.5) is 10.2 Å². The first-order valence-corrected chi connectivity index (χ1v) is 4.88. The van der Waals surface area contributed by atoms with E-state index in [9.17, 15) is 4.39 Å². The maximum absolute atomic E-state index is 13.5. The third-order valence-corrected chi connectivity index (χ3v) is 2.05. The van der Waals surface area contributed by atoms with Crippen LogP contribution in [-0.2, 0) is 0 Å². The Labute approximate surface area is 89.1 Å². The molecule has 3 nitrogen and oxygen atoms in total. The van der Waals surface area contributed by atoms with Crippen molar-refractivity contribution in [1.82, 2.24) is 9.97 Å². The summed E-state index contributed by atoms with van der Waals surface area (Å²) in [5, 5.41) is 2.88. The van der Waals surface area contributed by atoms with E-state index in [0.29, 0.717) is 5.69 Å². The van der Waals surface area contributed by atoms with Gasteiger partial charge in [0.2, 0.25) is 0 Å². The monoisotopic (exact) mass is 207 g/mol. The van der Waals surface area contributed by atoms with Crippen molar-refractivity contribution in [2.45, 2.75) is 32.7 Å². The maximum atomic E-state index is 13.5. The lowest BCUT2D eigenvalue weighted by molar-refractivity contribution is 0.601. The summed E-state index contributed by atoms with van der Waals surface area (Å²) >= 11 is 0. The molecule has 0 saturated carbocycles. The Kier molecular flexibility index (Phi) is 4.04. The van der Waals surface area contributed by atoms with Gasteiger partial charge in [-0.05, 0) is 13.3 Å². The minimum Gasteiger partial charge on any atom is -0.354 e. The molecule has 0 saturated heterocycles. The lowest BCUT2D eigenvalue weighted by Gasteiger charge is -2.13.